The summed E-state index contributed by atoms with van der Waals surface area (Å²) >= 11 is 3.54. The van der Waals surface area contributed by atoms with Crippen molar-refractivity contribution in [1.82, 2.24) is 0 Å². The number of halogens is 1. The standard InChI is InChI=1S/C10H19Br/c1-3-4-5-6-7-8-9-10(2)11/h3,10H,1,4-9H2,2H3. The van der Waals surface area contributed by atoms with Gasteiger partial charge in [-0.25, -0.2) is 0 Å². The molecule has 66 valence electrons. The van der Waals surface area contributed by atoms with E-state index in [0.717, 1.165) is 0 Å². The van der Waals surface area contributed by atoms with Gasteiger partial charge in [0.2, 0.25) is 0 Å². The van der Waals surface area contributed by atoms with E-state index in [0.29, 0.717) is 4.83 Å². The molecular weight excluding hydrogens is 200 g/mol. The molecule has 0 aliphatic rings. The highest BCUT2D eigenvalue weighted by Gasteiger charge is 1.94. The first kappa shape index (κ1) is 11.2. The van der Waals surface area contributed by atoms with Crippen LogP contribution >= 0.6 is 15.9 Å². The van der Waals surface area contributed by atoms with E-state index in [2.05, 4.69) is 29.4 Å². The molecule has 0 spiro atoms. The van der Waals surface area contributed by atoms with Crippen LogP contribution in [-0.4, -0.2) is 4.83 Å². The summed E-state index contributed by atoms with van der Waals surface area (Å²) in [5.74, 6) is 0. The van der Waals surface area contributed by atoms with Crippen LogP contribution in [0.5, 0.6) is 0 Å². The lowest BCUT2D eigenvalue weighted by atomic mass is 10.1. The third kappa shape index (κ3) is 10.2. The van der Waals surface area contributed by atoms with Crippen LogP contribution in [0.3, 0.4) is 0 Å². The predicted molar refractivity (Wildman–Crippen MR) is 56.3 cm³/mol. The largest absolute Gasteiger partial charge is 0.103 e. The third-order valence-corrected chi connectivity index (χ3v) is 2.22. The molecule has 0 rings (SSSR count). The number of alkyl halides is 1. The van der Waals surface area contributed by atoms with Crippen LogP contribution in [0.25, 0.3) is 0 Å². The van der Waals surface area contributed by atoms with Crippen molar-refractivity contribution in [2.45, 2.75) is 50.3 Å². The first-order valence-electron chi connectivity index (χ1n) is 4.52. The Hall–Kier alpha value is 0.220. The monoisotopic (exact) mass is 218 g/mol. The van der Waals surface area contributed by atoms with E-state index >= 15 is 0 Å². The van der Waals surface area contributed by atoms with Gasteiger partial charge in [-0.3, -0.25) is 0 Å². The molecule has 0 aromatic rings. The van der Waals surface area contributed by atoms with Crippen molar-refractivity contribution in [2.75, 3.05) is 0 Å². The van der Waals surface area contributed by atoms with Crippen LogP contribution < -0.4 is 0 Å². The second-order valence-corrected chi connectivity index (χ2v) is 4.62. The topological polar surface area (TPSA) is 0 Å². The van der Waals surface area contributed by atoms with Crippen molar-refractivity contribution in [3.63, 3.8) is 0 Å². The van der Waals surface area contributed by atoms with Gasteiger partial charge in [-0.05, 0) is 19.3 Å². The highest BCUT2D eigenvalue weighted by molar-refractivity contribution is 9.09. The molecule has 0 aliphatic heterocycles. The number of allylic oxidation sites excluding steroid dienone is 1. The van der Waals surface area contributed by atoms with Crippen LogP contribution in [-0.2, 0) is 0 Å². The van der Waals surface area contributed by atoms with Gasteiger partial charge in [0.05, 0.1) is 0 Å². The molecule has 0 N–H and O–H groups in total. The van der Waals surface area contributed by atoms with E-state index < -0.39 is 0 Å². The molecule has 1 atom stereocenters. The second-order valence-electron chi connectivity index (χ2n) is 3.06. The first-order valence-corrected chi connectivity index (χ1v) is 5.44. The van der Waals surface area contributed by atoms with Gasteiger partial charge in [0.1, 0.15) is 0 Å². The molecule has 1 heteroatoms. The average Bonchev–Trinajstić information content (AvgIpc) is 1.96. The number of unbranched alkanes of at least 4 members (excludes halogenated alkanes) is 4. The van der Waals surface area contributed by atoms with Crippen LogP contribution in [0.15, 0.2) is 12.7 Å². The molecule has 11 heavy (non-hydrogen) atoms. The van der Waals surface area contributed by atoms with Crippen LogP contribution in [0.4, 0.5) is 0 Å². The molecule has 0 saturated heterocycles. The van der Waals surface area contributed by atoms with Crippen molar-refractivity contribution in [3.8, 4) is 0 Å². The zero-order chi connectivity index (χ0) is 8.53. The van der Waals surface area contributed by atoms with Crippen LogP contribution in [0, 0.1) is 0 Å². The minimum atomic E-state index is 0.696. The van der Waals surface area contributed by atoms with Crippen molar-refractivity contribution >= 4 is 15.9 Å². The maximum atomic E-state index is 3.70. The highest BCUT2D eigenvalue weighted by atomic mass is 79.9. The molecule has 0 amide bonds. The molecule has 0 radical (unpaired) electrons. The maximum absolute atomic E-state index is 3.70. The molecule has 0 nitrogen and oxygen atoms in total. The Morgan fingerprint density at radius 1 is 1.27 bits per heavy atom. The van der Waals surface area contributed by atoms with Crippen LogP contribution in [0.1, 0.15) is 45.4 Å². The smallest absolute Gasteiger partial charge is 0.0117 e. The maximum Gasteiger partial charge on any atom is 0.0117 e. The number of hydrogen-bond acceptors (Lipinski definition) is 0. The Morgan fingerprint density at radius 3 is 2.45 bits per heavy atom. The van der Waals surface area contributed by atoms with E-state index in [-0.39, 0.29) is 0 Å². The zero-order valence-electron chi connectivity index (χ0n) is 7.48. The fourth-order valence-corrected chi connectivity index (χ4v) is 1.39. The molecule has 0 aliphatic carbocycles. The molecule has 0 saturated carbocycles. The molecule has 0 aromatic carbocycles. The van der Waals surface area contributed by atoms with Gasteiger partial charge in [-0.1, -0.05) is 48.2 Å². The fraction of sp³-hybridized carbons (Fsp3) is 0.800. The van der Waals surface area contributed by atoms with Crippen molar-refractivity contribution in [2.24, 2.45) is 0 Å². The lowest BCUT2D eigenvalue weighted by Crippen LogP contribution is -1.88. The Bertz CT molecular complexity index is 86.9. The number of rotatable bonds is 7. The van der Waals surface area contributed by atoms with E-state index in [1.165, 1.54) is 38.5 Å². The van der Waals surface area contributed by atoms with Gasteiger partial charge in [0, 0.05) is 4.83 Å². The number of hydrogen-bond donors (Lipinski definition) is 0. The lowest BCUT2D eigenvalue weighted by molar-refractivity contribution is 0.619. The lowest BCUT2D eigenvalue weighted by Gasteiger charge is -2.01. The molecule has 1 unspecified atom stereocenters. The van der Waals surface area contributed by atoms with E-state index in [9.17, 15) is 0 Å². The summed E-state index contributed by atoms with van der Waals surface area (Å²) in [6, 6.07) is 0. The van der Waals surface area contributed by atoms with Crippen LogP contribution in [0.2, 0.25) is 0 Å². The van der Waals surface area contributed by atoms with E-state index in [1.807, 2.05) is 6.08 Å². The predicted octanol–water partition coefficient (Wildman–Crippen LogP) is 4.30. The minimum Gasteiger partial charge on any atom is -0.103 e. The first-order chi connectivity index (χ1) is 5.27. The van der Waals surface area contributed by atoms with E-state index in [4.69, 9.17) is 0 Å². The third-order valence-electron chi connectivity index (χ3n) is 1.76. The molecule has 0 aromatic heterocycles. The van der Waals surface area contributed by atoms with Gasteiger partial charge < -0.3 is 0 Å². The van der Waals surface area contributed by atoms with Gasteiger partial charge in [0.25, 0.3) is 0 Å². The Kier molecular flexibility index (Phi) is 8.48. The molecule has 0 heterocycles. The summed E-state index contributed by atoms with van der Waals surface area (Å²) in [4.78, 5) is 0.696. The summed E-state index contributed by atoms with van der Waals surface area (Å²) in [5, 5.41) is 0. The summed E-state index contributed by atoms with van der Waals surface area (Å²) < 4.78 is 0. The molecule has 0 bridgehead atoms. The van der Waals surface area contributed by atoms with Crippen molar-refractivity contribution < 1.29 is 0 Å². The van der Waals surface area contributed by atoms with Gasteiger partial charge in [-0.15, -0.1) is 6.58 Å². The molecular formula is C10H19Br. The minimum absolute atomic E-state index is 0.696. The summed E-state index contributed by atoms with van der Waals surface area (Å²) in [7, 11) is 0. The zero-order valence-corrected chi connectivity index (χ0v) is 9.07. The van der Waals surface area contributed by atoms with E-state index in [1.54, 1.807) is 0 Å². The average molecular weight is 219 g/mol. The quantitative estimate of drug-likeness (QED) is 0.340. The molecule has 0 fully saturated rings. The Balaban J connectivity index is 2.85. The van der Waals surface area contributed by atoms with Gasteiger partial charge in [-0.2, -0.15) is 0 Å². The SMILES string of the molecule is C=CCCCCCCC(C)Br. The Labute approximate surface area is 79.2 Å². The normalized spacial score (nSPS) is 12.9. The summed E-state index contributed by atoms with van der Waals surface area (Å²) in [6.45, 7) is 5.91. The summed E-state index contributed by atoms with van der Waals surface area (Å²) in [6.07, 6.45) is 9.93. The van der Waals surface area contributed by atoms with Crippen molar-refractivity contribution in [3.05, 3.63) is 12.7 Å². The van der Waals surface area contributed by atoms with Gasteiger partial charge in [0.15, 0.2) is 0 Å². The van der Waals surface area contributed by atoms with Gasteiger partial charge >= 0.3 is 0 Å². The van der Waals surface area contributed by atoms with Crippen molar-refractivity contribution in [1.29, 1.82) is 0 Å². The highest BCUT2D eigenvalue weighted by Crippen LogP contribution is 2.11. The summed E-state index contributed by atoms with van der Waals surface area (Å²) in [5.41, 5.74) is 0. The fourth-order valence-electron chi connectivity index (χ4n) is 1.07. The second kappa shape index (κ2) is 8.32. The Morgan fingerprint density at radius 2 is 1.91 bits per heavy atom.